The Bertz CT molecular complexity index is 723. The minimum atomic E-state index is 0.0720. The van der Waals surface area contributed by atoms with Gasteiger partial charge in [0.25, 0.3) is 5.91 Å². The van der Waals surface area contributed by atoms with Crippen molar-refractivity contribution in [1.29, 1.82) is 0 Å². The van der Waals surface area contributed by atoms with Crippen LogP contribution < -0.4 is 0 Å². The number of fused-ring (bicyclic) bond motifs is 1. The van der Waals surface area contributed by atoms with Gasteiger partial charge in [0.2, 0.25) is 0 Å². The predicted octanol–water partition coefficient (Wildman–Crippen LogP) is 1.66. The van der Waals surface area contributed by atoms with Crippen LogP contribution in [0.15, 0.2) is 0 Å². The molecular formula is C15H20N6OS. The molecule has 0 aromatic carbocycles. The number of hydrogen-bond acceptors (Lipinski definition) is 6. The fourth-order valence-electron chi connectivity index (χ4n) is 3.59. The second-order valence-corrected chi connectivity index (χ2v) is 6.98. The highest BCUT2D eigenvalue weighted by atomic mass is 32.1. The van der Waals surface area contributed by atoms with E-state index in [9.17, 15) is 4.79 Å². The highest BCUT2D eigenvalue weighted by molar-refractivity contribution is 7.08. The van der Waals surface area contributed by atoms with Crippen molar-refractivity contribution in [2.45, 2.75) is 51.5 Å². The van der Waals surface area contributed by atoms with E-state index in [1.54, 1.807) is 0 Å². The summed E-state index contributed by atoms with van der Waals surface area (Å²) in [7, 11) is 0. The Morgan fingerprint density at radius 2 is 2.17 bits per heavy atom. The first kappa shape index (κ1) is 14.7. The zero-order chi connectivity index (χ0) is 15.8. The highest BCUT2D eigenvalue weighted by Gasteiger charge is 2.31. The molecule has 7 nitrogen and oxygen atoms in total. The Labute approximate surface area is 138 Å². The number of aryl methyl sites for hydroxylation is 2. The molecule has 2 aromatic rings. The Morgan fingerprint density at radius 1 is 1.26 bits per heavy atom. The molecule has 1 saturated heterocycles. The lowest BCUT2D eigenvalue weighted by atomic mass is 9.97. The van der Waals surface area contributed by atoms with Crippen LogP contribution in [0.1, 0.15) is 59.1 Å². The molecule has 2 aliphatic rings. The van der Waals surface area contributed by atoms with Gasteiger partial charge in [0.15, 0.2) is 0 Å². The van der Waals surface area contributed by atoms with Crippen molar-refractivity contribution in [3.05, 3.63) is 22.2 Å². The van der Waals surface area contributed by atoms with Crippen molar-refractivity contribution in [3.8, 4) is 0 Å². The van der Waals surface area contributed by atoms with Gasteiger partial charge in [0.1, 0.15) is 16.5 Å². The predicted molar refractivity (Wildman–Crippen MR) is 85.5 cm³/mol. The molecule has 0 bridgehead atoms. The van der Waals surface area contributed by atoms with Crippen LogP contribution in [0.25, 0.3) is 0 Å². The summed E-state index contributed by atoms with van der Waals surface area (Å²) >= 11 is 1.21. The lowest BCUT2D eigenvalue weighted by Crippen LogP contribution is -2.39. The van der Waals surface area contributed by atoms with Gasteiger partial charge in [-0.2, -0.15) is 0 Å². The number of hydrogen-bond donors (Lipinski definition) is 0. The van der Waals surface area contributed by atoms with Crippen LogP contribution in [0, 0.1) is 0 Å². The number of nitrogens with zero attached hydrogens (tertiary/aromatic N) is 6. The second-order valence-electron chi connectivity index (χ2n) is 6.22. The molecule has 0 saturated carbocycles. The first-order chi connectivity index (χ1) is 11.3. The van der Waals surface area contributed by atoms with Gasteiger partial charge in [-0.25, -0.2) is 0 Å². The molecule has 0 N–H and O–H groups in total. The van der Waals surface area contributed by atoms with Crippen LogP contribution in [0.3, 0.4) is 0 Å². The molecule has 1 fully saturated rings. The third kappa shape index (κ3) is 2.54. The molecule has 8 heteroatoms. The average molecular weight is 332 g/mol. The average Bonchev–Trinajstić information content (AvgIpc) is 3.29. The van der Waals surface area contributed by atoms with Gasteiger partial charge >= 0.3 is 0 Å². The van der Waals surface area contributed by atoms with Crippen LogP contribution in [0.4, 0.5) is 0 Å². The molecular weight excluding hydrogens is 312 g/mol. The fourth-order valence-corrected chi connectivity index (χ4v) is 4.31. The lowest BCUT2D eigenvalue weighted by molar-refractivity contribution is 0.0707. The number of carbonyl (C=O) groups is 1. The third-order valence-corrected chi connectivity index (χ3v) is 5.55. The summed E-state index contributed by atoms with van der Waals surface area (Å²) in [6.07, 6.45) is 5.00. The maximum Gasteiger partial charge on any atom is 0.267 e. The van der Waals surface area contributed by atoms with Crippen LogP contribution in [-0.2, 0) is 19.4 Å². The van der Waals surface area contributed by atoms with Gasteiger partial charge in [0, 0.05) is 32.0 Å². The van der Waals surface area contributed by atoms with Crippen LogP contribution in [0.5, 0.6) is 0 Å². The van der Waals surface area contributed by atoms with E-state index in [-0.39, 0.29) is 11.8 Å². The molecule has 23 heavy (non-hydrogen) atoms. The molecule has 1 unspecified atom stereocenters. The summed E-state index contributed by atoms with van der Waals surface area (Å²) in [6.45, 7) is 4.54. The summed E-state index contributed by atoms with van der Waals surface area (Å²) < 4.78 is 6.20. The standard InChI is InChI=1S/C15H20N6OS/c1-2-11-13(23-19-16-11)15(22)20-7-3-5-10(9-20)14-18-17-12-6-4-8-21(12)14/h10H,2-9H2,1H3. The summed E-state index contributed by atoms with van der Waals surface area (Å²) in [4.78, 5) is 15.4. The summed E-state index contributed by atoms with van der Waals surface area (Å²) in [6, 6.07) is 0. The number of rotatable bonds is 3. The zero-order valence-electron chi connectivity index (χ0n) is 13.2. The Morgan fingerprint density at radius 3 is 3.04 bits per heavy atom. The largest absolute Gasteiger partial charge is 0.337 e. The van der Waals surface area contributed by atoms with Crippen molar-refractivity contribution in [3.63, 3.8) is 0 Å². The molecule has 4 rings (SSSR count). The number of carbonyl (C=O) groups excluding carboxylic acids is 1. The SMILES string of the molecule is CCc1nnsc1C(=O)N1CCCC(c2nnc3n2CCC3)C1. The van der Waals surface area contributed by atoms with E-state index >= 15 is 0 Å². The van der Waals surface area contributed by atoms with E-state index in [4.69, 9.17) is 0 Å². The molecule has 0 radical (unpaired) electrons. The van der Waals surface area contributed by atoms with Gasteiger partial charge in [-0.1, -0.05) is 11.4 Å². The zero-order valence-corrected chi connectivity index (χ0v) is 14.1. The number of amides is 1. The molecule has 2 aliphatic heterocycles. The molecule has 0 spiro atoms. The summed E-state index contributed by atoms with van der Waals surface area (Å²) in [5.41, 5.74) is 0.811. The van der Waals surface area contributed by atoms with E-state index in [1.807, 2.05) is 11.8 Å². The molecule has 1 amide bonds. The van der Waals surface area contributed by atoms with Crippen molar-refractivity contribution < 1.29 is 4.79 Å². The third-order valence-electron chi connectivity index (χ3n) is 4.80. The van der Waals surface area contributed by atoms with E-state index in [2.05, 4.69) is 24.4 Å². The van der Waals surface area contributed by atoms with Crippen molar-refractivity contribution in [1.82, 2.24) is 29.3 Å². The van der Waals surface area contributed by atoms with Crippen molar-refractivity contribution >= 4 is 17.4 Å². The molecule has 0 aliphatic carbocycles. The molecule has 122 valence electrons. The Kier molecular flexibility index (Phi) is 3.84. The van der Waals surface area contributed by atoms with Gasteiger partial charge in [-0.05, 0) is 37.2 Å². The van der Waals surface area contributed by atoms with E-state index in [0.29, 0.717) is 4.88 Å². The van der Waals surface area contributed by atoms with Crippen LogP contribution >= 0.6 is 11.5 Å². The van der Waals surface area contributed by atoms with Crippen molar-refractivity contribution in [2.24, 2.45) is 0 Å². The van der Waals surface area contributed by atoms with Gasteiger partial charge in [-0.3, -0.25) is 4.79 Å². The van der Waals surface area contributed by atoms with Gasteiger partial charge in [0.05, 0.1) is 5.69 Å². The van der Waals surface area contributed by atoms with Crippen LogP contribution in [0.2, 0.25) is 0 Å². The maximum absolute atomic E-state index is 12.8. The number of likely N-dealkylation sites (tertiary alicyclic amines) is 1. The molecule has 2 aromatic heterocycles. The van der Waals surface area contributed by atoms with E-state index < -0.39 is 0 Å². The fraction of sp³-hybridized carbons (Fsp3) is 0.667. The smallest absolute Gasteiger partial charge is 0.267 e. The number of aromatic nitrogens is 5. The Balaban J connectivity index is 1.54. The second kappa shape index (κ2) is 5.99. The van der Waals surface area contributed by atoms with E-state index in [1.165, 1.54) is 11.5 Å². The molecule has 1 atom stereocenters. The first-order valence-electron chi connectivity index (χ1n) is 8.30. The molecule has 4 heterocycles. The maximum atomic E-state index is 12.8. The lowest BCUT2D eigenvalue weighted by Gasteiger charge is -2.32. The topological polar surface area (TPSA) is 76.8 Å². The van der Waals surface area contributed by atoms with E-state index in [0.717, 1.165) is 69.1 Å². The van der Waals surface area contributed by atoms with Crippen molar-refractivity contribution in [2.75, 3.05) is 13.1 Å². The summed E-state index contributed by atoms with van der Waals surface area (Å²) in [5.74, 6) is 2.53. The normalized spacial score (nSPS) is 20.7. The van der Waals surface area contributed by atoms with Crippen LogP contribution in [-0.4, -0.2) is 48.2 Å². The Hall–Kier alpha value is -1.83. The van der Waals surface area contributed by atoms with Gasteiger partial charge in [-0.15, -0.1) is 15.3 Å². The number of piperidine rings is 1. The minimum absolute atomic E-state index is 0.0720. The minimum Gasteiger partial charge on any atom is -0.337 e. The monoisotopic (exact) mass is 332 g/mol. The quantitative estimate of drug-likeness (QED) is 0.854. The summed E-state index contributed by atoms with van der Waals surface area (Å²) in [5, 5.41) is 12.8. The highest BCUT2D eigenvalue weighted by Crippen LogP contribution is 2.29. The first-order valence-corrected chi connectivity index (χ1v) is 9.07. The van der Waals surface area contributed by atoms with Gasteiger partial charge < -0.3 is 9.47 Å².